The van der Waals surface area contributed by atoms with E-state index in [1.165, 1.54) is 47.9 Å². The molecule has 1 unspecified atom stereocenters. The molecule has 0 radical (unpaired) electrons. The van der Waals surface area contributed by atoms with Gasteiger partial charge in [0.2, 0.25) is 0 Å². The van der Waals surface area contributed by atoms with Crippen LogP contribution in [0.4, 0.5) is 0 Å². The summed E-state index contributed by atoms with van der Waals surface area (Å²) in [6.07, 6.45) is 5.23. The molecule has 1 N–H and O–H groups in total. The zero-order chi connectivity index (χ0) is 13.2. The predicted molar refractivity (Wildman–Crippen MR) is 80.4 cm³/mol. The van der Waals surface area contributed by atoms with Crippen molar-refractivity contribution >= 4 is 10.9 Å². The molecular formula is C17H22N2. The van der Waals surface area contributed by atoms with E-state index in [1.54, 1.807) is 0 Å². The molecule has 1 aromatic heterocycles. The molecule has 0 aliphatic carbocycles. The topological polar surface area (TPSA) is 24.9 Å². The molecule has 0 saturated carbocycles. The number of hydrogen-bond acceptors (Lipinski definition) is 2. The average molecular weight is 254 g/mol. The smallest absolute Gasteiger partial charge is 0.0708 e. The Morgan fingerprint density at radius 2 is 1.95 bits per heavy atom. The fraction of sp³-hybridized carbons (Fsp3) is 0.471. The van der Waals surface area contributed by atoms with Gasteiger partial charge in [0.1, 0.15) is 0 Å². The van der Waals surface area contributed by atoms with E-state index in [4.69, 9.17) is 4.98 Å². The highest BCUT2D eigenvalue weighted by Crippen LogP contribution is 2.32. The fourth-order valence-electron chi connectivity index (χ4n) is 3.18. The lowest BCUT2D eigenvalue weighted by Gasteiger charge is -2.22. The van der Waals surface area contributed by atoms with Crippen LogP contribution in [0.25, 0.3) is 10.9 Å². The fourth-order valence-corrected chi connectivity index (χ4v) is 3.18. The van der Waals surface area contributed by atoms with E-state index < -0.39 is 0 Å². The van der Waals surface area contributed by atoms with Crippen LogP contribution >= 0.6 is 0 Å². The Morgan fingerprint density at radius 1 is 1.11 bits per heavy atom. The van der Waals surface area contributed by atoms with Crippen molar-refractivity contribution in [2.24, 2.45) is 0 Å². The first-order chi connectivity index (χ1) is 9.27. The van der Waals surface area contributed by atoms with Gasteiger partial charge in [0.05, 0.1) is 5.52 Å². The summed E-state index contributed by atoms with van der Waals surface area (Å²) in [5.74, 6) is 0. The summed E-state index contributed by atoms with van der Waals surface area (Å²) in [4.78, 5) is 4.73. The summed E-state index contributed by atoms with van der Waals surface area (Å²) in [7, 11) is 0. The summed E-state index contributed by atoms with van der Waals surface area (Å²) in [6.45, 7) is 5.48. The van der Waals surface area contributed by atoms with Crippen molar-refractivity contribution in [3.8, 4) is 0 Å². The number of fused-ring (bicyclic) bond motifs is 1. The first-order valence-corrected chi connectivity index (χ1v) is 7.36. The monoisotopic (exact) mass is 254 g/mol. The molecule has 1 aliphatic heterocycles. The molecule has 1 aliphatic rings. The molecular weight excluding hydrogens is 232 g/mol. The van der Waals surface area contributed by atoms with Gasteiger partial charge in [-0.1, -0.05) is 31.0 Å². The molecule has 2 heteroatoms. The lowest BCUT2D eigenvalue weighted by molar-refractivity contribution is 0.535. The molecule has 100 valence electrons. The van der Waals surface area contributed by atoms with Gasteiger partial charge in [-0.3, -0.25) is 4.98 Å². The lowest BCUT2D eigenvalue weighted by atomic mass is 9.93. The highest BCUT2D eigenvalue weighted by molar-refractivity contribution is 5.84. The SMILES string of the molecule is Cc1nc2ccccc2c(C2CCCCCN2)c1C. The van der Waals surface area contributed by atoms with Gasteiger partial charge in [-0.2, -0.15) is 0 Å². The van der Waals surface area contributed by atoms with Crippen LogP contribution < -0.4 is 5.32 Å². The van der Waals surface area contributed by atoms with Crippen LogP contribution in [0.3, 0.4) is 0 Å². The van der Waals surface area contributed by atoms with Crippen LogP contribution in [0.15, 0.2) is 24.3 Å². The van der Waals surface area contributed by atoms with Crippen molar-refractivity contribution < 1.29 is 0 Å². The van der Waals surface area contributed by atoms with Gasteiger partial charge in [-0.25, -0.2) is 0 Å². The van der Waals surface area contributed by atoms with Crippen molar-refractivity contribution in [2.45, 2.75) is 45.6 Å². The maximum Gasteiger partial charge on any atom is 0.0708 e. The molecule has 1 aromatic carbocycles. The third kappa shape index (κ3) is 2.37. The van der Waals surface area contributed by atoms with Gasteiger partial charge in [-0.05, 0) is 50.4 Å². The van der Waals surface area contributed by atoms with E-state index in [9.17, 15) is 0 Å². The van der Waals surface area contributed by atoms with Crippen molar-refractivity contribution in [1.82, 2.24) is 10.3 Å². The van der Waals surface area contributed by atoms with Crippen LogP contribution in [0, 0.1) is 13.8 Å². The quantitative estimate of drug-likeness (QED) is 0.830. The number of rotatable bonds is 1. The second-order valence-corrected chi connectivity index (χ2v) is 5.61. The zero-order valence-electron chi connectivity index (χ0n) is 11.9. The number of aromatic nitrogens is 1. The van der Waals surface area contributed by atoms with Gasteiger partial charge in [0, 0.05) is 17.1 Å². The third-order valence-electron chi connectivity index (χ3n) is 4.34. The average Bonchev–Trinajstić information content (AvgIpc) is 2.69. The van der Waals surface area contributed by atoms with Gasteiger partial charge < -0.3 is 5.32 Å². The second-order valence-electron chi connectivity index (χ2n) is 5.61. The normalized spacial score (nSPS) is 20.4. The second kappa shape index (κ2) is 5.30. The minimum atomic E-state index is 0.495. The maximum atomic E-state index is 4.73. The van der Waals surface area contributed by atoms with Crippen LogP contribution in [-0.4, -0.2) is 11.5 Å². The van der Waals surface area contributed by atoms with Crippen molar-refractivity contribution in [2.75, 3.05) is 6.54 Å². The Labute approximate surface area is 115 Å². The molecule has 1 fully saturated rings. The highest BCUT2D eigenvalue weighted by Gasteiger charge is 2.19. The molecule has 0 amide bonds. The minimum absolute atomic E-state index is 0.495. The third-order valence-corrected chi connectivity index (χ3v) is 4.34. The Kier molecular flexibility index (Phi) is 3.52. The van der Waals surface area contributed by atoms with Crippen molar-refractivity contribution in [3.05, 3.63) is 41.1 Å². The molecule has 19 heavy (non-hydrogen) atoms. The van der Waals surface area contributed by atoms with Gasteiger partial charge in [0.15, 0.2) is 0 Å². The number of nitrogens with one attached hydrogen (secondary N) is 1. The first-order valence-electron chi connectivity index (χ1n) is 7.36. The van der Waals surface area contributed by atoms with Crippen LogP contribution in [0.1, 0.15) is 48.5 Å². The molecule has 0 bridgehead atoms. The van der Waals surface area contributed by atoms with Crippen LogP contribution in [-0.2, 0) is 0 Å². The van der Waals surface area contributed by atoms with E-state index in [0.29, 0.717) is 6.04 Å². The zero-order valence-corrected chi connectivity index (χ0v) is 11.9. The van der Waals surface area contributed by atoms with Crippen LogP contribution in [0.2, 0.25) is 0 Å². The Morgan fingerprint density at radius 3 is 2.84 bits per heavy atom. The number of pyridine rings is 1. The summed E-state index contributed by atoms with van der Waals surface area (Å²) in [6, 6.07) is 9.04. The number of benzene rings is 1. The molecule has 2 nitrogen and oxygen atoms in total. The Hall–Kier alpha value is -1.41. The molecule has 2 heterocycles. The summed E-state index contributed by atoms with van der Waals surface area (Å²) >= 11 is 0. The maximum absolute atomic E-state index is 4.73. The van der Waals surface area contributed by atoms with Crippen LogP contribution in [0.5, 0.6) is 0 Å². The molecule has 1 saturated heterocycles. The number of hydrogen-bond donors (Lipinski definition) is 1. The standard InChI is InChI=1S/C17H22N2/c1-12-13(2)19-15-9-6-5-8-14(15)17(12)16-10-4-3-7-11-18-16/h5-6,8-9,16,18H,3-4,7,10-11H2,1-2H3. The van der Waals surface area contributed by atoms with Gasteiger partial charge >= 0.3 is 0 Å². The summed E-state index contributed by atoms with van der Waals surface area (Å²) in [5, 5.41) is 5.05. The predicted octanol–water partition coefficient (Wildman–Crippen LogP) is 4.06. The van der Waals surface area contributed by atoms with E-state index in [2.05, 4.69) is 43.4 Å². The number of aryl methyl sites for hydroxylation is 1. The van der Waals surface area contributed by atoms with Gasteiger partial charge in [-0.15, -0.1) is 0 Å². The number of para-hydroxylation sites is 1. The van der Waals surface area contributed by atoms with Crippen molar-refractivity contribution in [3.63, 3.8) is 0 Å². The summed E-state index contributed by atoms with van der Waals surface area (Å²) in [5.41, 5.74) is 5.13. The minimum Gasteiger partial charge on any atom is -0.310 e. The molecule has 0 spiro atoms. The molecule has 1 atom stereocenters. The van der Waals surface area contributed by atoms with E-state index in [0.717, 1.165) is 12.1 Å². The largest absolute Gasteiger partial charge is 0.310 e. The Bertz CT molecular complexity index is 581. The first kappa shape index (κ1) is 12.6. The van der Waals surface area contributed by atoms with Gasteiger partial charge in [0.25, 0.3) is 0 Å². The summed E-state index contributed by atoms with van der Waals surface area (Å²) < 4.78 is 0. The molecule has 2 aromatic rings. The van der Waals surface area contributed by atoms with E-state index in [1.807, 2.05) is 0 Å². The molecule has 3 rings (SSSR count). The lowest BCUT2D eigenvalue weighted by Crippen LogP contribution is -2.22. The van der Waals surface area contributed by atoms with Crippen molar-refractivity contribution in [1.29, 1.82) is 0 Å². The van der Waals surface area contributed by atoms with E-state index >= 15 is 0 Å². The number of nitrogens with zero attached hydrogens (tertiary/aromatic N) is 1. The Balaban J connectivity index is 2.17. The van der Waals surface area contributed by atoms with E-state index in [-0.39, 0.29) is 0 Å². The highest BCUT2D eigenvalue weighted by atomic mass is 14.9.